The molecule has 1 saturated heterocycles. The van der Waals surface area contributed by atoms with E-state index >= 15 is 0 Å². The maximum atomic E-state index is 12.2. The number of piperazine rings is 1. The third kappa shape index (κ3) is 4.04. The van der Waals surface area contributed by atoms with Crippen molar-refractivity contribution in [3.05, 3.63) is 10.0 Å². The molecule has 18 heavy (non-hydrogen) atoms. The second-order valence-corrected chi connectivity index (χ2v) is 5.52. The molecule has 0 N–H and O–H groups in total. The van der Waals surface area contributed by atoms with Gasteiger partial charge in [0.25, 0.3) is 0 Å². The molecule has 0 aromatic carbocycles. The van der Waals surface area contributed by atoms with Crippen molar-refractivity contribution in [2.75, 3.05) is 32.7 Å². The number of rotatable bonds is 3. The van der Waals surface area contributed by atoms with Gasteiger partial charge in [0.1, 0.15) is 10.0 Å². The molecular formula is C9H12ClF3N4S. The van der Waals surface area contributed by atoms with Gasteiger partial charge in [0.05, 0.1) is 6.54 Å². The van der Waals surface area contributed by atoms with E-state index < -0.39 is 12.7 Å². The first-order valence-electron chi connectivity index (χ1n) is 5.42. The SMILES string of the molecule is FC(F)(F)CN1CCN(Cc2nnsc2Cl)CC1. The molecule has 1 fully saturated rings. The first kappa shape index (κ1) is 14.0. The van der Waals surface area contributed by atoms with E-state index in [0.717, 1.165) is 11.5 Å². The van der Waals surface area contributed by atoms with Crippen molar-refractivity contribution in [1.29, 1.82) is 0 Å². The maximum absolute atomic E-state index is 12.2. The van der Waals surface area contributed by atoms with Gasteiger partial charge in [-0.1, -0.05) is 16.1 Å². The minimum absolute atomic E-state index is 0.411. The number of nitrogens with zero attached hydrogens (tertiary/aromatic N) is 4. The highest BCUT2D eigenvalue weighted by Gasteiger charge is 2.32. The minimum atomic E-state index is -4.12. The van der Waals surface area contributed by atoms with Gasteiger partial charge in [0.15, 0.2) is 0 Å². The molecule has 0 saturated carbocycles. The Morgan fingerprint density at radius 3 is 2.28 bits per heavy atom. The van der Waals surface area contributed by atoms with Crippen LogP contribution in [0.25, 0.3) is 0 Å². The number of halogens is 4. The molecule has 0 aliphatic carbocycles. The highest BCUT2D eigenvalue weighted by molar-refractivity contribution is 7.10. The van der Waals surface area contributed by atoms with Crippen LogP contribution in [0.15, 0.2) is 0 Å². The van der Waals surface area contributed by atoms with Crippen molar-refractivity contribution in [2.24, 2.45) is 0 Å². The molecule has 0 spiro atoms. The Hall–Kier alpha value is -0.440. The molecule has 1 aliphatic rings. The molecule has 0 radical (unpaired) electrons. The Morgan fingerprint density at radius 1 is 1.17 bits per heavy atom. The van der Waals surface area contributed by atoms with Crippen molar-refractivity contribution < 1.29 is 13.2 Å². The van der Waals surface area contributed by atoms with E-state index in [1.165, 1.54) is 4.90 Å². The van der Waals surface area contributed by atoms with E-state index in [0.29, 0.717) is 42.8 Å². The van der Waals surface area contributed by atoms with Gasteiger partial charge >= 0.3 is 6.18 Å². The lowest BCUT2D eigenvalue weighted by molar-refractivity contribution is -0.149. The van der Waals surface area contributed by atoms with Crippen molar-refractivity contribution in [2.45, 2.75) is 12.7 Å². The summed E-state index contributed by atoms with van der Waals surface area (Å²) in [6.07, 6.45) is -4.12. The smallest absolute Gasteiger partial charge is 0.295 e. The Kier molecular flexibility index (Phi) is 4.41. The molecule has 0 atom stereocenters. The van der Waals surface area contributed by atoms with Gasteiger partial charge in [0, 0.05) is 44.3 Å². The molecule has 2 rings (SSSR count). The van der Waals surface area contributed by atoms with Gasteiger partial charge in [-0.15, -0.1) is 5.10 Å². The molecule has 0 unspecified atom stereocenters. The standard InChI is InChI=1S/C9H12ClF3N4S/c10-8-7(14-15-18-8)5-16-1-3-17(4-2-16)6-9(11,12)13/h1-6H2. The molecule has 9 heteroatoms. The van der Waals surface area contributed by atoms with Crippen molar-refractivity contribution in [3.63, 3.8) is 0 Å². The van der Waals surface area contributed by atoms with E-state index in [1.54, 1.807) is 0 Å². The fourth-order valence-electron chi connectivity index (χ4n) is 1.86. The van der Waals surface area contributed by atoms with Crippen molar-refractivity contribution >= 4 is 23.1 Å². The van der Waals surface area contributed by atoms with Crippen LogP contribution in [0, 0.1) is 0 Å². The average Bonchev–Trinajstić information content (AvgIpc) is 2.65. The van der Waals surface area contributed by atoms with E-state index in [9.17, 15) is 13.2 Å². The fraction of sp³-hybridized carbons (Fsp3) is 0.778. The quantitative estimate of drug-likeness (QED) is 0.853. The third-order valence-corrected chi connectivity index (χ3v) is 3.73. The largest absolute Gasteiger partial charge is 0.401 e. The Labute approximate surface area is 111 Å². The first-order chi connectivity index (χ1) is 8.44. The Bertz CT molecular complexity index is 389. The molecule has 0 bridgehead atoms. The van der Waals surface area contributed by atoms with Gasteiger partial charge in [-0.25, -0.2) is 0 Å². The van der Waals surface area contributed by atoms with Crippen LogP contribution >= 0.6 is 23.1 Å². The lowest BCUT2D eigenvalue weighted by Gasteiger charge is -2.34. The molecule has 4 nitrogen and oxygen atoms in total. The summed E-state index contributed by atoms with van der Waals surface area (Å²) >= 11 is 7.00. The van der Waals surface area contributed by atoms with Crippen LogP contribution in [0.1, 0.15) is 5.69 Å². The van der Waals surface area contributed by atoms with E-state index in [1.807, 2.05) is 4.90 Å². The first-order valence-corrected chi connectivity index (χ1v) is 6.57. The van der Waals surface area contributed by atoms with Crippen LogP contribution in [0.2, 0.25) is 4.34 Å². The zero-order chi connectivity index (χ0) is 13.2. The predicted molar refractivity (Wildman–Crippen MR) is 62.7 cm³/mol. The highest BCUT2D eigenvalue weighted by atomic mass is 35.5. The Balaban J connectivity index is 1.79. The summed E-state index contributed by atoms with van der Waals surface area (Å²) in [6, 6.07) is 0. The fourth-order valence-corrected chi connectivity index (χ4v) is 2.47. The van der Waals surface area contributed by atoms with Gasteiger partial charge in [-0.05, 0) is 0 Å². The predicted octanol–water partition coefficient (Wildman–Crippen LogP) is 1.87. The topological polar surface area (TPSA) is 32.3 Å². The monoisotopic (exact) mass is 300 g/mol. The lowest BCUT2D eigenvalue weighted by Crippen LogP contribution is -2.48. The third-order valence-electron chi connectivity index (χ3n) is 2.75. The van der Waals surface area contributed by atoms with E-state index in [2.05, 4.69) is 9.59 Å². The summed E-state index contributed by atoms with van der Waals surface area (Å²) in [5.74, 6) is 0. The molecular weight excluding hydrogens is 289 g/mol. The lowest BCUT2D eigenvalue weighted by atomic mass is 10.3. The summed E-state index contributed by atoms with van der Waals surface area (Å²) < 4.78 is 40.9. The Morgan fingerprint density at radius 2 is 1.78 bits per heavy atom. The zero-order valence-corrected chi connectivity index (χ0v) is 11.0. The number of alkyl halides is 3. The molecule has 2 heterocycles. The summed E-state index contributed by atoms with van der Waals surface area (Å²) in [5, 5.41) is 3.89. The van der Waals surface area contributed by atoms with E-state index in [4.69, 9.17) is 11.6 Å². The molecule has 0 amide bonds. The summed E-state index contributed by atoms with van der Waals surface area (Å²) in [5.41, 5.74) is 0.700. The van der Waals surface area contributed by atoms with Crippen molar-refractivity contribution in [3.8, 4) is 0 Å². The summed E-state index contributed by atoms with van der Waals surface area (Å²) in [6.45, 7) is 1.71. The van der Waals surface area contributed by atoms with Crippen LogP contribution in [0.3, 0.4) is 0 Å². The van der Waals surface area contributed by atoms with Gasteiger partial charge < -0.3 is 0 Å². The molecule has 102 valence electrons. The van der Waals surface area contributed by atoms with Crippen molar-refractivity contribution in [1.82, 2.24) is 19.4 Å². The second kappa shape index (κ2) is 5.68. The number of hydrogen-bond donors (Lipinski definition) is 0. The maximum Gasteiger partial charge on any atom is 0.401 e. The number of aromatic nitrogens is 2. The average molecular weight is 301 g/mol. The van der Waals surface area contributed by atoms with Gasteiger partial charge in [0.2, 0.25) is 0 Å². The van der Waals surface area contributed by atoms with E-state index in [-0.39, 0.29) is 0 Å². The highest BCUT2D eigenvalue weighted by Crippen LogP contribution is 2.21. The van der Waals surface area contributed by atoms with Crippen LogP contribution in [0.4, 0.5) is 13.2 Å². The van der Waals surface area contributed by atoms with Crippen LogP contribution < -0.4 is 0 Å². The van der Waals surface area contributed by atoms with Crippen LogP contribution in [0.5, 0.6) is 0 Å². The van der Waals surface area contributed by atoms with Crippen LogP contribution in [-0.2, 0) is 6.54 Å². The van der Waals surface area contributed by atoms with Gasteiger partial charge in [-0.3, -0.25) is 9.80 Å². The zero-order valence-electron chi connectivity index (χ0n) is 9.45. The summed E-state index contributed by atoms with van der Waals surface area (Å²) in [7, 11) is 0. The molecule has 1 aliphatic heterocycles. The molecule has 1 aromatic rings. The number of hydrogen-bond acceptors (Lipinski definition) is 5. The normalized spacial score (nSPS) is 19.3. The van der Waals surface area contributed by atoms with Crippen LogP contribution in [-0.4, -0.2) is 58.3 Å². The van der Waals surface area contributed by atoms with Gasteiger partial charge in [-0.2, -0.15) is 13.2 Å². The molecule has 1 aromatic heterocycles. The summed E-state index contributed by atoms with van der Waals surface area (Å²) in [4.78, 5) is 3.45. The minimum Gasteiger partial charge on any atom is -0.295 e. The second-order valence-electron chi connectivity index (χ2n) is 4.16.